The number of ether oxygens (including phenoxy) is 2. The molecule has 4 nitrogen and oxygen atoms in total. The first-order chi connectivity index (χ1) is 10.2. The first-order valence-electron chi connectivity index (χ1n) is 6.21. The normalized spacial score (nSPS) is 15.7. The maximum absolute atomic E-state index is 12.7. The summed E-state index contributed by atoms with van der Waals surface area (Å²) in [6.45, 7) is 3.65. The molecule has 0 amide bonds. The van der Waals surface area contributed by atoms with Gasteiger partial charge in [0.2, 0.25) is 0 Å². The quantitative estimate of drug-likeness (QED) is 0.576. The van der Waals surface area contributed by atoms with Crippen molar-refractivity contribution >= 4 is 26.5 Å². The molecule has 0 atom stereocenters. The molecule has 0 radical (unpaired) electrons. The molecule has 0 saturated carbocycles. The summed E-state index contributed by atoms with van der Waals surface area (Å²) in [5, 5.41) is 4.13. The predicted molar refractivity (Wildman–Crippen MR) is 76.5 cm³/mol. The van der Waals surface area contributed by atoms with E-state index >= 15 is 0 Å². The number of thioether (sulfide) groups is 1. The van der Waals surface area contributed by atoms with Gasteiger partial charge >= 0.3 is 135 Å². The van der Waals surface area contributed by atoms with Gasteiger partial charge in [-0.1, -0.05) is 0 Å². The molecule has 0 spiro atoms. The second-order valence-corrected chi connectivity index (χ2v) is 7.80. The fourth-order valence-electron chi connectivity index (χ4n) is 2.25. The second kappa shape index (κ2) is 5.18. The summed E-state index contributed by atoms with van der Waals surface area (Å²) < 4.78 is 54.0. The molecule has 1 aromatic heterocycles. The van der Waals surface area contributed by atoms with Crippen LogP contribution in [-0.4, -0.2) is 36.5 Å². The van der Waals surface area contributed by atoms with Crippen LogP contribution < -0.4 is 9.47 Å². The number of aromatic nitrogens is 2. The third-order valence-electron chi connectivity index (χ3n) is 3.16. The monoisotopic (exact) mass is 396 g/mol. The zero-order chi connectivity index (χ0) is 16.1. The SMILES string of the molecule is COc1cc2c(cc1SC(F)(F)F)OC(C)(C)c1nn[se]c1-2. The van der Waals surface area contributed by atoms with E-state index in [2.05, 4.69) is 9.19 Å². The van der Waals surface area contributed by atoms with Gasteiger partial charge in [0.05, 0.1) is 0 Å². The number of hydrogen-bond donors (Lipinski definition) is 0. The summed E-state index contributed by atoms with van der Waals surface area (Å²) in [7, 11) is 1.35. The molecule has 3 rings (SSSR count). The van der Waals surface area contributed by atoms with Crippen molar-refractivity contribution in [2.75, 3.05) is 7.11 Å². The van der Waals surface area contributed by atoms with Gasteiger partial charge in [-0.25, -0.2) is 0 Å². The van der Waals surface area contributed by atoms with Gasteiger partial charge in [0.1, 0.15) is 0 Å². The van der Waals surface area contributed by atoms with Gasteiger partial charge in [-0.05, 0) is 0 Å². The van der Waals surface area contributed by atoms with Crippen molar-refractivity contribution in [3.8, 4) is 21.5 Å². The zero-order valence-corrected chi connectivity index (χ0v) is 14.3. The van der Waals surface area contributed by atoms with E-state index in [4.69, 9.17) is 9.47 Å². The number of methoxy groups -OCH3 is 1. The Hall–Kier alpha value is -1.18. The zero-order valence-electron chi connectivity index (χ0n) is 11.8. The van der Waals surface area contributed by atoms with E-state index in [1.165, 1.54) is 13.2 Å². The van der Waals surface area contributed by atoms with E-state index < -0.39 is 11.1 Å². The third-order valence-corrected chi connectivity index (χ3v) is 5.52. The molecule has 0 saturated heterocycles. The van der Waals surface area contributed by atoms with E-state index in [1.807, 2.05) is 13.8 Å². The molecule has 0 unspecified atom stereocenters. The Morgan fingerprint density at radius 3 is 2.68 bits per heavy atom. The van der Waals surface area contributed by atoms with Gasteiger partial charge in [-0.2, -0.15) is 0 Å². The molecule has 0 bridgehead atoms. The van der Waals surface area contributed by atoms with E-state index in [9.17, 15) is 13.2 Å². The molecule has 0 fully saturated rings. The van der Waals surface area contributed by atoms with Crippen LogP contribution in [-0.2, 0) is 5.60 Å². The summed E-state index contributed by atoms with van der Waals surface area (Å²) in [4.78, 5) is -0.0204. The minimum atomic E-state index is -4.39. The number of benzene rings is 1. The van der Waals surface area contributed by atoms with Crippen LogP contribution in [0, 0.1) is 0 Å². The number of hydrogen-bond acceptors (Lipinski definition) is 5. The van der Waals surface area contributed by atoms with E-state index in [0.29, 0.717) is 11.3 Å². The Labute approximate surface area is 135 Å². The van der Waals surface area contributed by atoms with Crippen LogP contribution in [0.4, 0.5) is 13.2 Å². The molecule has 0 aliphatic carbocycles. The molecule has 118 valence electrons. The average molecular weight is 395 g/mol. The first-order valence-corrected chi connectivity index (χ1v) is 8.65. The molecule has 1 aliphatic heterocycles. The number of alkyl halides is 3. The Balaban J connectivity index is 2.16. The number of rotatable bonds is 2. The van der Waals surface area contributed by atoms with Gasteiger partial charge in [-0.15, -0.1) is 0 Å². The first kappa shape index (κ1) is 15.7. The summed E-state index contributed by atoms with van der Waals surface area (Å²) >= 11 is -0.412. The van der Waals surface area contributed by atoms with Gasteiger partial charge in [0.15, 0.2) is 0 Å². The van der Waals surface area contributed by atoms with E-state index in [0.717, 1.165) is 10.1 Å². The minimum absolute atomic E-state index is 0.0204. The van der Waals surface area contributed by atoms with Gasteiger partial charge in [0.25, 0.3) is 0 Å². The van der Waals surface area contributed by atoms with Crippen molar-refractivity contribution in [3.63, 3.8) is 0 Å². The molecular weight excluding hydrogens is 384 g/mol. The van der Waals surface area contributed by atoms with Crippen molar-refractivity contribution in [2.24, 2.45) is 0 Å². The van der Waals surface area contributed by atoms with Crippen molar-refractivity contribution in [3.05, 3.63) is 17.8 Å². The number of fused-ring (bicyclic) bond motifs is 3. The Kier molecular flexibility index (Phi) is 3.70. The van der Waals surface area contributed by atoms with E-state index in [1.54, 1.807) is 6.07 Å². The Bertz CT molecular complexity index is 731. The maximum atomic E-state index is 12.7. The van der Waals surface area contributed by atoms with E-state index in [-0.39, 0.29) is 37.1 Å². The van der Waals surface area contributed by atoms with Crippen LogP contribution in [0.5, 0.6) is 11.5 Å². The van der Waals surface area contributed by atoms with Crippen molar-refractivity contribution in [1.82, 2.24) is 9.19 Å². The molecule has 2 aromatic rings. The Morgan fingerprint density at radius 1 is 1.32 bits per heavy atom. The van der Waals surface area contributed by atoms with Crippen molar-refractivity contribution < 1.29 is 22.6 Å². The van der Waals surface area contributed by atoms with Crippen LogP contribution in [0.25, 0.3) is 10.0 Å². The molecule has 2 heterocycles. The Morgan fingerprint density at radius 2 is 2.05 bits per heavy atom. The van der Waals surface area contributed by atoms with Gasteiger partial charge in [0, 0.05) is 0 Å². The van der Waals surface area contributed by atoms with Crippen LogP contribution in [0.1, 0.15) is 19.5 Å². The molecule has 0 N–H and O–H groups in total. The van der Waals surface area contributed by atoms with Gasteiger partial charge < -0.3 is 0 Å². The molecule has 1 aromatic carbocycles. The predicted octanol–water partition coefficient (Wildman–Crippen LogP) is 3.45. The fourth-order valence-corrected chi connectivity index (χ4v) is 4.66. The fraction of sp³-hybridized carbons (Fsp3) is 0.385. The average Bonchev–Trinajstić information content (AvgIpc) is 2.86. The summed E-state index contributed by atoms with van der Waals surface area (Å²) in [5.74, 6) is 0.574. The van der Waals surface area contributed by atoms with Crippen LogP contribution in [0.2, 0.25) is 0 Å². The summed E-state index contributed by atoms with van der Waals surface area (Å²) in [6, 6.07) is 2.96. The second-order valence-electron chi connectivity index (χ2n) is 5.11. The standard InChI is InChI=1S/C13H11F3N2O2SSe/c1-12(2)11-10(22-18-17-11)6-4-8(19-3)9(5-7(6)20-12)21-13(14,15)16/h4-5H,1-3H3. The summed E-state index contributed by atoms with van der Waals surface area (Å²) in [6.07, 6.45) is 0. The topological polar surface area (TPSA) is 44.2 Å². The molecule has 1 aliphatic rings. The molecular formula is C13H11F3N2O2SSe. The van der Waals surface area contributed by atoms with Gasteiger partial charge in [-0.3, -0.25) is 0 Å². The summed E-state index contributed by atoms with van der Waals surface area (Å²) in [5.41, 5.74) is -3.65. The number of nitrogens with zero attached hydrogens (tertiary/aromatic N) is 2. The van der Waals surface area contributed by atoms with Crippen LogP contribution in [0.15, 0.2) is 17.0 Å². The van der Waals surface area contributed by atoms with Crippen LogP contribution >= 0.6 is 11.8 Å². The number of halogens is 3. The molecule has 9 heteroatoms. The third kappa shape index (κ3) is 2.73. The molecule has 22 heavy (non-hydrogen) atoms. The van der Waals surface area contributed by atoms with Crippen molar-refractivity contribution in [2.45, 2.75) is 29.9 Å². The van der Waals surface area contributed by atoms with Crippen molar-refractivity contribution in [1.29, 1.82) is 0 Å². The van der Waals surface area contributed by atoms with Crippen LogP contribution in [0.3, 0.4) is 0 Å².